The van der Waals surface area contributed by atoms with E-state index in [1.165, 1.54) is 24.5 Å². The predicted octanol–water partition coefficient (Wildman–Crippen LogP) is 4.01. The van der Waals surface area contributed by atoms with Gasteiger partial charge in [0, 0.05) is 10.4 Å². The van der Waals surface area contributed by atoms with Crippen molar-refractivity contribution < 1.29 is 9.13 Å². The first-order valence-electron chi connectivity index (χ1n) is 5.02. The van der Waals surface area contributed by atoms with Crippen LogP contribution in [0.25, 0.3) is 11.3 Å². The SMILES string of the molecule is COc1ccc(-c2nc(C)sc2CCl)cc1F. The van der Waals surface area contributed by atoms with Crippen LogP contribution in [-0.2, 0) is 5.88 Å². The highest BCUT2D eigenvalue weighted by Crippen LogP contribution is 2.31. The van der Waals surface area contributed by atoms with Gasteiger partial charge in [-0.1, -0.05) is 0 Å². The van der Waals surface area contributed by atoms with Crippen LogP contribution in [0.5, 0.6) is 5.75 Å². The Balaban J connectivity index is 2.49. The highest BCUT2D eigenvalue weighted by molar-refractivity contribution is 7.12. The molecule has 0 radical (unpaired) electrons. The molecule has 0 fully saturated rings. The molecule has 1 aromatic heterocycles. The van der Waals surface area contributed by atoms with Gasteiger partial charge in [-0.05, 0) is 25.1 Å². The van der Waals surface area contributed by atoms with Gasteiger partial charge in [0.25, 0.3) is 0 Å². The van der Waals surface area contributed by atoms with Crippen LogP contribution in [0.1, 0.15) is 9.88 Å². The van der Waals surface area contributed by atoms with Crippen LogP contribution >= 0.6 is 22.9 Å². The van der Waals surface area contributed by atoms with E-state index < -0.39 is 5.82 Å². The van der Waals surface area contributed by atoms with Crippen LogP contribution in [0.4, 0.5) is 4.39 Å². The lowest BCUT2D eigenvalue weighted by Crippen LogP contribution is -1.90. The van der Waals surface area contributed by atoms with Gasteiger partial charge in [-0.2, -0.15) is 0 Å². The zero-order valence-corrected chi connectivity index (χ0v) is 11.0. The number of benzene rings is 1. The van der Waals surface area contributed by atoms with E-state index in [-0.39, 0.29) is 5.75 Å². The lowest BCUT2D eigenvalue weighted by Gasteiger charge is -2.04. The van der Waals surface area contributed by atoms with Crippen molar-refractivity contribution in [3.8, 4) is 17.0 Å². The van der Waals surface area contributed by atoms with Crippen molar-refractivity contribution in [2.45, 2.75) is 12.8 Å². The van der Waals surface area contributed by atoms with Gasteiger partial charge in [0.1, 0.15) is 0 Å². The number of methoxy groups -OCH3 is 1. The third kappa shape index (κ3) is 2.42. The molecule has 90 valence electrons. The first kappa shape index (κ1) is 12.3. The molecule has 0 atom stereocenters. The molecule has 2 aromatic rings. The number of aromatic nitrogens is 1. The average Bonchev–Trinajstić information content (AvgIpc) is 2.70. The van der Waals surface area contributed by atoms with E-state index in [0.717, 1.165) is 21.1 Å². The van der Waals surface area contributed by atoms with Gasteiger partial charge in [-0.25, -0.2) is 9.37 Å². The second-order valence-corrected chi connectivity index (χ2v) is 5.04. The standard InChI is InChI=1S/C12H11ClFNOS/c1-7-15-12(11(6-13)17-7)8-3-4-10(16-2)9(14)5-8/h3-5H,6H2,1-2H3. The molecule has 0 unspecified atom stereocenters. The molecule has 0 bridgehead atoms. The van der Waals surface area contributed by atoms with Crippen molar-refractivity contribution in [1.82, 2.24) is 4.98 Å². The first-order chi connectivity index (χ1) is 8.15. The van der Waals surface area contributed by atoms with E-state index in [0.29, 0.717) is 5.88 Å². The summed E-state index contributed by atoms with van der Waals surface area (Å²) in [5.41, 5.74) is 1.48. The molecular formula is C12H11ClFNOS. The molecular weight excluding hydrogens is 261 g/mol. The monoisotopic (exact) mass is 271 g/mol. The Morgan fingerprint density at radius 2 is 2.24 bits per heavy atom. The summed E-state index contributed by atoms with van der Waals surface area (Å²) in [6, 6.07) is 4.80. The Hall–Kier alpha value is -1.13. The van der Waals surface area contributed by atoms with E-state index in [9.17, 15) is 4.39 Å². The number of thiazole rings is 1. The average molecular weight is 272 g/mol. The third-order valence-electron chi connectivity index (χ3n) is 2.35. The lowest BCUT2D eigenvalue weighted by molar-refractivity contribution is 0.386. The Labute approximate surface area is 108 Å². The zero-order valence-electron chi connectivity index (χ0n) is 9.46. The molecule has 17 heavy (non-hydrogen) atoms. The summed E-state index contributed by atoms with van der Waals surface area (Å²) in [4.78, 5) is 5.33. The fraction of sp³-hybridized carbons (Fsp3) is 0.250. The molecule has 0 aliphatic carbocycles. The topological polar surface area (TPSA) is 22.1 Å². The van der Waals surface area contributed by atoms with E-state index in [4.69, 9.17) is 16.3 Å². The molecule has 1 aromatic carbocycles. The number of hydrogen-bond acceptors (Lipinski definition) is 3. The quantitative estimate of drug-likeness (QED) is 0.787. The summed E-state index contributed by atoms with van der Waals surface area (Å²) in [6.45, 7) is 1.91. The molecule has 0 aliphatic heterocycles. The summed E-state index contributed by atoms with van der Waals surface area (Å²) >= 11 is 7.37. The smallest absolute Gasteiger partial charge is 0.165 e. The lowest BCUT2D eigenvalue weighted by atomic mass is 10.1. The minimum Gasteiger partial charge on any atom is -0.494 e. The molecule has 5 heteroatoms. The van der Waals surface area contributed by atoms with Crippen LogP contribution in [0, 0.1) is 12.7 Å². The number of rotatable bonds is 3. The molecule has 0 N–H and O–H groups in total. The highest BCUT2D eigenvalue weighted by Gasteiger charge is 2.12. The molecule has 0 aliphatic rings. The van der Waals surface area contributed by atoms with Crippen LogP contribution in [0.2, 0.25) is 0 Å². The maximum Gasteiger partial charge on any atom is 0.165 e. The van der Waals surface area contributed by atoms with Crippen molar-refractivity contribution in [1.29, 1.82) is 0 Å². The number of nitrogens with zero attached hydrogens (tertiary/aromatic N) is 1. The number of aryl methyl sites for hydroxylation is 1. The van der Waals surface area contributed by atoms with E-state index in [1.807, 2.05) is 6.92 Å². The van der Waals surface area contributed by atoms with Crippen molar-refractivity contribution in [2.24, 2.45) is 0 Å². The van der Waals surface area contributed by atoms with Gasteiger partial charge in [0.15, 0.2) is 11.6 Å². The van der Waals surface area contributed by atoms with E-state index in [1.54, 1.807) is 12.1 Å². The summed E-state index contributed by atoms with van der Waals surface area (Å²) in [7, 11) is 1.44. The van der Waals surface area contributed by atoms with Crippen molar-refractivity contribution in [2.75, 3.05) is 7.11 Å². The summed E-state index contributed by atoms with van der Waals surface area (Å²) in [5.74, 6) is 0.221. The van der Waals surface area contributed by atoms with Gasteiger partial charge in [-0.15, -0.1) is 22.9 Å². The van der Waals surface area contributed by atoms with Gasteiger partial charge in [0.2, 0.25) is 0 Å². The molecule has 0 saturated heterocycles. The molecule has 0 amide bonds. The second-order valence-electron chi connectivity index (χ2n) is 3.49. The largest absolute Gasteiger partial charge is 0.494 e. The molecule has 1 heterocycles. The van der Waals surface area contributed by atoms with Crippen molar-refractivity contribution in [3.05, 3.63) is 33.9 Å². The number of alkyl halides is 1. The zero-order chi connectivity index (χ0) is 12.4. The minimum atomic E-state index is -0.392. The van der Waals surface area contributed by atoms with Crippen molar-refractivity contribution in [3.63, 3.8) is 0 Å². The van der Waals surface area contributed by atoms with Crippen LogP contribution in [0.15, 0.2) is 18.2 Å². The maximum atomic E-state index is 13.6. The summed E-state index contributed by atoms with van der Waals surface area (Å²) in [6.07, 6.45) is 0. The normalized spacial score (nSPS) is 10.6. The fourth-order valence-electron chi connectivity index (χ4n) is 1.60. The molecule has 2 rings (SSSR count). The van der Waals surface area contributed by atoms with E-state index in [2.05, 4.69) is 4.98 Å². The summed E-state index contributed by atoms with van der Waals surface area (Å²) < 4.78 is 18.5. The van der Waals surface area contributed by atoms with Crippen LogP contribution in [0.3, 0.4) is 0 Å². The van der Waals surface area contributed by atoms with Gasteiger partial charge in [-0.3, -0.25) is 0 Å². The number of hydrogen-bond donors (Lipinski definition) is 0. The molecule has 0 saturated carbocycles. The summed E-state index contributed by atoms with van der Waals surface area (Å²) in [5, 5.41) is 0.923. The van der Waals surface area contributed by atoms with Crippen LogP contribution < -0.4 is 4.74 Å². The first-order valence-corrected chi connectivity index (χ1v) is 6.37. The number of halogens is 2. The van der Waals surface area contributed by atoms with Crippen LogP contribution in [-0.4, -0.2) is 12.1 Å². The van der Waals surface area contributed by atoms with Gasteiger partial charge < -0.3 is 4.74 Å². The fourth-order valence-corrected chi connectivity index (χ4v) is 2.70. The van der Waals surface area contributed by atoms with Gasteiger partial charge >= 0.3 is 0 Å². The Kier molecular flexibility index (Phi) is 3.64. The van der Waals surface area contributed by atoms with Crippen molar-refractivity contribution >= 4 is 22.9 Å². The molecule has 2 nitrogen and oxygen atoms in total. The Bertz CT molecular complexity index is 541. The maximum absolute atomic E-state index is 13.6. The minimum absolute atomic E-state index is 0.230. The highest BCUT2D eigenvalue weighted by atomic mass is 35.5. The molecule has 0 spiro atoms. The third-order valence-corrected chi connectivity index (χ3v) is 3.75. The second kappa shape index (κ2) is 5.02. The Morgan fingerprint density at radius 1 is 1.47 bits per heavy atom. The Morgan fingerprint density at radius 3 is 2.82 bits per heavy atom. The predicted molar refractivity (Wildman–Crippen MR) is 68.4 cm³/mol. The van der Waals surface area contributed by atoms with E-state index >= 15 is 0 Å². The van der Waals surface area contributed by atoms with Gasteiger partial charge in [0.05, 0.1) is 23.7 Å². The number of ether oxygens (including phenoxy) is 1.